The zero-order chi connectivity index (χ0) is 17.0. The van der Waals surface area contributed by atoms with Gasteiger partial charge in [-0.3, -0.25) is 14.2 Å². The van der Waals surface area contributed by atoms with E-state index in [1.54, 1.807) is 19.3 Å². The van der Waals surface area contributed by atoms with Crippen LogP contribution in [0.5, 0.6) is 0 Å². The van der Waals surface area contributed by atoms with Gasteiger partial charge in [0.15, 0.2) is 0 Å². The van der Waals surface area contributed by atoms with Crippen molar-refractivity contribution in [3.63, 3.8) is 0 Å². The number of hydrogen-bond donors (Lipinski definition) is 1. The number of aromatic nitrogens is 2. The van der Waals surface area contributed by atoms with Crippen LogP contribution in [0, 0.1) is 0 Å². The highest BCUT2D eigenvalue weighted by atomic mass is 16.2. The lowest BCUT2D eigenvalue weighted by Crippen LogP contribution is -2.47. The van der Waals surface area contributed by atoms with Crippen LogP contribution < -0.4 is 21.5 Å². The zero-order valence-electron chi connectivity index (χ0n) is 13.7. The molecule has 0 atom stereocenters. The van der Waals surface area contributed by atoms with Crippen LogP contribution in [0.4, 0.5) is 5.69 Å². The number of anilines is 1. The fourth-order valence-electron chi connectivity index (χ4n) is 2.80. The van der Waals surface area contributed by atoms with Gasteiger partial charge in [-0.1, -0.05) is 6.08 Å². The zero-order valence-corrected chi connectivity index (χ0v) is 13.7. The van der Waals surface area contributed by atoms with Crippen molar-refractivity contribution in [2.75, 3.05) is 18.0 Å². The van der Waals surface area contributed by atoms with Crippen molar-refractivity contribution in [1.82, 2.24) is 14.5 Å². The largest absolute Gasteiger partial charge is 0.366 e. The van der Waals surface area contributed by atoms with E-state index < -0.39 is 0 Å². The lowest BCUT2D eigenvalue weighted by atomic mass is 10.0. The molecule has 1 fully saturated rings. The van der Waals surface area contributed by atoms with Gasteiger partial charge in [0.1, 0.15) is 5.69 Å². The van der Waals surface area contributed by atoms with E-state index in [0.717, 1.165) is 17.4 Å². The van der Waals surface area contributed by atoms with E-state index in [0.29, 0.717) is 31.6 Å². The minimum absolute atomic E-state index is 0.0429. The minimum atomic E-state index is -0.330. The van der Waals surface area contributed by atoms with Crippen molar-refractivity contribution < 1.29 is 4.79 Å². The smallest absolute Gasteiger partial charge is 0.330 e. The third-order valence-electron chi connectivity index (χ3n) is 4.20. The van der Waals surface area contributed by atoms with E-state index in [1.807, 2.05) is 4.90 Å². The molecule has 2 rings (SSSR count). The Hall–Kier alpha value is -2.31. The van der Waals surface area contributed by atoms with Crippen molar-refractivity contribution in [3.8, 4) is 0 Å². The number of rotatable bonds is 5. The van der Waals surface area contributed by atoms with Gasteiger partial charge < -0.3 is 14.8 Å². The molecule has 0 saturated carbocycles. The summed E-state index contributed by atoms with van der Waals surface area (Å²) in [5.74, 6) is 0.0429. The third kappa shape index (κ3) is 3.91. The number of carbonyl (C=O) groups is 1. The molecule has 126 valence electrons. The molecular weight excluding hydrogens is 296 g/mol. The average Bonchev–Trinajstić information content (AvgIpc) is 2.55. The maximum Gasteiger partial charge on any atom is 0.330 e. The summed E-state index contributed by atoms with van der Waals surface area (Å²) < 4.78 is 2.54. The Kier molecular flexibility index (Phi) is 5.41. The number of piperidine rings is 1. The molecule has 0 spiro atoms. The highest BCUT2D eigenvalue weighted by Gasteiger charge is 2.23. The topological polar surface area (TPSA) is 76.3 Å². The number of allylic oxidation sites excluding steroid dienone is 1. The highest BCUT2D eigenvalue weighted by Crippen LogP contribution is 2.16. The lowest BCUT2D eigenvalue weighted by Gasteiger charge is -2.33. The van der Waals surface area contributed by atoms with E-state index in [-0.39, 0.29) is 23.2 Å². The Labute approximate surface area is 135 Å². The number of nitrogens with one attached hydrogen (secondary N) is 1. The average molecular weight is 320 g/mol. The van der Waals surface area contributed by atoms with Crippen molar-refractivity contribution in [2.45, 2.75) is 31.7 Å². The molecule has 1 saturated heterocycles. The molecule has 1 aromatic heterocycles. The second-order valence-electron chi connectivity index (χ2n) is 5.93. The van der Waals surface area contributed by atoms with Gasteiger partial charge in [0.05, 0.1) is 0 Å². The predicted octanol–water partition coefficient (Wildman–Crippen LogP) is 0.135. The Bertz CT molecular complexity index is 696. The molecule has 7 nitrogen and oxygen atoms in total. The molecular formula is C16H24N4O3. The number of amides is 1. The molecule has 23 heavy (non-hydrogen) atoms. The van der Waals surface area contributed by atoms with Gasteiger partial charge in [-0.2, -0.15) is 0 Å². The van der Waals surface area contributed by atoms with Crippen LogP contribution >= 0.6 is 0 Å². The summed E-state index contributed by atoms with van der Waals surface area (Å²) in [6.07, 6.45) is 6.03. The first kappa shape index (κ1) is 17.1. The molecule has 1 aliphatic heterocycles. The molecule has 0 bridgehead atoms. The van der Waals surface area contributed by atoms with Crippen LogP contribution in [-0.4, -0.2) is 34.2 Å². The Balaban J connectivity index is 2.00. The molecule has 1 amide bonds. The second kappa shape index (κ2) is 7.30. The predicted molar refractivity (Wildman–Crippen MR) is 89.7 cm³/mol. The molecule has 0 unspecified atom stereocenters. The monoisotopic (exact) mass is 320 g/mol. The molecule has 0 aromatic carbocycles. The molecule has 2 heterocycles. The molecule has 7 heteroatoms. The van der Waals surface area contributed by atoms with Crippen molar-refractivity contribution in [2.24, 2.45) is 14.1 Å². The first-order chi connectivity index (χ1) is 10.9. The fourth-order valence-corrected chi connectivity index (χ4v) is 2.80. The van der Waals surface area contributed by atoms with E-state index in [1.165, 1.54) is 11.6 Å². The highest BCUT2D eigenvalue weighted by molar-refractivity contribution is 5.76. The van der Waals surface area contributed by atoms with Gasteiger partial charge >= 0.3 is 5.69 Å². The minimum Gasteiger partial charge on any atom is -0.366 e. The fraction of sp³-hybridized carbons (Fsp3) is 0.562. The van der Waals surface area contributed by atoms with E-state index >= 15 is 0 Å². The van der Waals surface area contributed by atoms with Gasteiger partial charge in [-0.05, 0) is 19.3 Å². The van der Waals surface area contributed by atoms with Gasteiger partial charge in [0.25, 0.3) is 5.56 Å². The van der Waals surface area contributed by atoms with Gasteiger partial charge in [0.2, 0.25) is 5.91 Å². The Morgan fingerprint density at radius 3 is 2.61 bits per heavy atom. The SMILES string of the molecule is C=CCCC(=O)NC1CCN(c2cn(C)c(=O)n(C)c2=O)CC1. The number of carbonyl (C=O) groups excluding carboxylic acids is 1. The van der Waals surface area contributed by atoms with Crippen LogP contribution in [0.1, 0.15) is 25.7 Å². The maximum atomic E-state index is 12.2. The van der Waals surface area contributed by atoms with E-state index in [2.05, 4.69) is 11.9 Å². The normalized spacial score (nSPS) is 15.5. The molecule has 1 N–H and O–H groups in total. The quantitative estimate of drug-likeness (QED) is 0.783. The first-order valence-corrected chi connectivity index (χ1v) is 7.86. The summed E-state index contributed by atoms with van der Waals surface area (Å²) in [6.45, 7) is 4.97. The summed E-state index contributed by atoms with van der Waals surface area (Å²) in [5.41, 5.74) is -0.0734. The van der Waals surface area contributed by atoms with Crippen LogP contribution in [0.3, 0.4) is 0 Å². The third-order valence-corrected chi connectivity index (χ3v) is 4.20. The number of aryl methyl sites for hydroxylation is 1. The van der Waals surface area contributed by atoms with Crippen LogP contribution in [0.25, 0.3) is 0 Å². The van der Waals surface area contributed by atoms with E-state index in [9.17, 15) is 14.4 Å². The van der Waals surface area contributed by atoms with Gasteiger partial charge in [-0.15, -0.1) is 6.58 Å². The maximum absolute atomic E-state index is 12.2. The first-order valence-electron chi connectivity index (χ1n) is 7.86. The summed E-state index contributed by atoms with van der Waals surface area (Å²) in [5, 5.41) is 3.02. The van der Waals surface area contributed by atoms with Crippen LogP contribution in [-0.2, 0) is 18.9 Å². The van der Waals surface area contributed by atoms with Crippen LogP contribution in [0.2, 0.25) is 0 Å². The summed E-state index contributed by atoms with van der Waals surface area (Å²) in [7, 11) is 3.12. The van der Waals surface area contributed by atoms with Crippen molar-refractivity contribution in [1.29, 1.82) is 0 Å². The lowest BCUT2D eigenvalue weighted by molar-refractivity contribution is -0.121. The van der Waals surface area contributed by atoms with Gasteiger partial charge in [-0.25, -0.2) is 4.79 Å². The number of nitrogens with zero attached hydrogens (tertiary/aromatic N) is 3. The second-order valence-corrected chi connectivity index (χ2v) is 5.93. The van der Waals surface area contributed by atoms with Crippen molar-refractivity contribution in [3.05, 3.63) is 39.7 Å². The summed E-state index contributed by atoms with van der Waals surface area (Å²) in [4.78, 5) is 37.7. The number of hydrogen-bond acceptors (Lipinski definition) is 4. The molecule has 0 aliphatic carbocycles. The van der Waals surface area contributed by atoms with E-state index in [4.69, 9.17) is 0 Å². The van der Waals surface area contributed by atoms with Crippen LogP contribution in [0.15, 0.2) is 28.4 Å². The summed E-state index contributed by atoms with van der Waals surface area (Å²) in [6, 6.07) is 0.139. The van der Waals surface area contributed by atoms with Crippen molar-refractivity contribution >= 4 is 11.6 Å². The Morgan fingerprint density at radius 2 is 2.00 bits per heavy atom. The summed E-state index contributed by atoms with van der Waals surface area (Å²) >= 11 is 0. The molecule has 0 radical (unpaired) electrons. The molecule has 1 aromatic rings. The molecule has 1 aliphatic rings. The Morgan fingerprint density at radius 1 is 1.35 bits per heavy atom. The standard InChI is InChI=1S/C16H24N4O3/c1-4-5-6-14(21)17-12-7-9-20(10-8-12)13-11-18(2)16(23)19(3)15(13)22/h4,11-12H,1,5-10H2,2-3H3,(H,17,21). The van der Waals surface area contributed by atoms with Gasteiger partial charge in [0, 0.05) is 45.8 Å².